The van der Waals surface area contributed by atoms with Gasteiger partial charge in [0.25, 0.3) is 0 Å². The largest absolute Gasteiger partial charge is 0.466 e. The maximum Gasteiger partial charge on any atom is 0.305 e. The number of unbranched alkanes of at least 4 members (excludes halogenated alkanes) is 10. The van der Waals surface area contributed by atoms with Crippen LogP contribution in [-0.2, 0) is 19.1 Å². The van der Waals surface area contributed by atoms with Crippen molar-refractivity contribution in [3.8, 4) is 0 Å². The molecule has 0 aliphatic heterocycles. The van der Waals surface area contributed by atoms with E-state index >= 15 is 0 Å². The molecule has 0 aliphatic carbocycles. The van der Waals surface area contributed by atoms with E-state index in [2.05, 4.69) is 13.8 Å². The lowest BCUT2D eigenvalue weighted by Gasteiger charge is -2.30. The summed E-state index contributed by atoms with van der Waals surface area (Å²) in [6, 6.07) is 0. The summed E-state index contributed by atoms with van der Waals surface area (Å²) in [6.45, 7) is 6.13. The van der Waals surface area contributed by atoms with Gasteiger partial charge in [-0.05, 0) is 57.9 Å². The summed E-state index contributed by atoms with van der Waals surface area (Å²) >= 11 is 0. The summed E-state index contributed by atoms with van der Waals surface area (Å²) in [4.78, 5) is 24.1. The minimum Gasteiger partial charge on any atom is -0.466 e. The van der Waals surface area contributed by atoms with Gasteiger partial charge in [0.1, 0.15) is 0 Å². The number of hydrogen-bond donors (Lipinski definition) is 2. The molecular weight excluding hydrogens is 428 g/mol. The molecule has 0 heterocycles. The van der Waals surface area contributed by atoms with Crippen LogP contribution in [0.25, 0.3) is 0 Å². The van der Waals surface area contributed by atoms with Crippen LogP contribution in [0, 0.1) is 0 Å². The lowest BCUT2D eigenvalue weighted by Crippen LogP contribution is -2.40. The van der Waals surface area contributed by atoms with Crippen molar-refractivity contribution in [1.82, 2.24) is 0 Å². The van der Waals surface area contributed by atoms with Gasteiger partial charge in [-0.1, -0.05) is 78.1 Å². The molecule has 0 amide bonds. The molecule has 0 atom stereocenters. The monoisotopic (exact) mass is 484 g/mol. The Bertz CT molecular complexity index is 451. The summed E-state index contributed by atoms with van der Waals surface area (Å²) in [5, 5.41) is 0. The molecule has 0 rings (SSSR count). The third kappa shape index (κ3) is 21.4. The standard InChI is InChI=1S/C28H56N2O4/c1-3-5-7-9-14-24-33-26(31)18-16-21-28(30,20-12-11-13-23-29)22-17-19-27(32)34-25-15-10-8-6-4-2/h3-25,29-30H2,1-2H3. The summed E-state index contributed by atoms with van der Waals surface area (Å²) < 4.78 is 10.8. The van der Waals surface area contributed by atoms with Crippen molar-refractivity contribution in [1.29, 1.82) is 0 Å². The Balaban J connectivity index is 4.21. The van der Waals surface area contributed by atoms with Crippen LogP contribution in [0.3, 0.4) is 0 Å². The zero-order valence-electron chi connectivity index (χ0n) is 22.6. The highest BCUT2D eigenvalue weighted by molar-refractivity contribution is 5.69. The second kappa shape index (κ2) is 23.6. The van der Waals surface area contributed by atoms with Gasteiger partial charge in [-0.25, -0.2) is 0 Å². The van der Waals surface area contributed by atoms with Gasteiger partial charge in [-0.3, -0.25) is 9.59 Å². The molecule has 0 unspecified atom stereocenters. The van der Waals surface area contributed by atoms with Gasteiger partial charge < -0.3 is 20.9 Å². The first-order valence-electron chi connectivity index (χ1n) is 14.3. The number of hydrogen-bond acceptors (Lipinski definition) is 6. The molecule has 6 heteroatoms. The van der Waals surface area contributed by atoms with E-state index in [1.807, 2.05) is 0 Å². The Labute approximate surface area is 210 Å². The van der Waals surface area contributed by atoms with Crippen LogP contribution in [0.4, 0.5) is 0 Å². The molecule has 202 valence electrons. The van der Waals surface area contributed by atoms with E-state index in [0.717, 1.165) is 77.0 Å². The average Bonchev–Trinajstić information content (AvgIpc) is 2.81. The molecule has 34 heavy (non-hydrogen) atoms. The Morgan fingerprint density at radius 1 is 0.588 bits per heavy atom. The van der Waals surface area contributed by atoms with Crippen molar-refractivity contribution < 1.29 is 19.1 Å². The molecule has 0 radical (unpaired) electrons. The lowest BCUT2D eigenvalue weighted by atomic mass is 9.83. The van der Waals surface area contributed by atoms with Crippen molar-refractivity contribution in [2.75, 3.05) is 19.8 Å². The highest BCUT2D eigenvalue weighted by Gasteiger charge is 2.24. The highest BCUT2D eigenvalue weighted by atomic mass is 16.5. The van der Waals surface area contributed by atoms with E-state index in [0.29, 0.717) is 32.6 Å². The van der Waals surface area contributed by atoms with Gasteiger partial charge in [-0.15, -0.1) is 0 Å². The van der Waals surface area contributed by atoms with E-state index < -0.39 is 0 Å². The van der Waals surface area contributed by atoms with E-state index in [1.165, 1.54) is 38.5 Å². The molecule has 0 saturated carbocycles. The van der Waals surface area contributed by atoms with Crippen molar-refractivity contribution in [3.63, 3.8) is 0 Å². The van der Waals surface area contributed by atoms with Crippen LogP contribution in [0.5, 0.6) is 0 Å². The van der Waals surface area contributed by atoms with E-state index in [-0.39, 0.29) is 17.5 Å². The maximum atomic E-state index is 12.1. The van der Waals surface area contributed by atoms with Crippen molar-refractivity contribution in [2.24, 2.45) is 11.5 Å². The van der Waals surface area contributed by atoms with Gasteiger partial charge >= 0.3 is 11.9 Å². The first-order chi connectivity index (χ1) is 16.5. The second-order valence-corrected chi connectivity index (χ2v) is 9.94. The zero-order valence-corrected chi connectivity index (χ0v) is 22.6. The van der Waals surface area contributed by atoms with Gasteiger partial charge in [0.2, 0.25) is 0 Å². The fraction of sp³-hybridized carbons (Fsp3) is 0.929. The third-order valence-corrected chi connectivity index (χ3v) is 6.51. The first kappa shape index (κ1) is 32.9. The maximum absolute atomic E-state index is 12.1. The number of nitrogens with two attached hydrogens (primary N) is 2. The fourth-order valence-corrected chi connectivity index (χ4v) is 4.27. The SMILES string of the molecule is CCCCCCCOC(=O)CCCC(N)(CCCCCN)CCCC(=O)OCCCCCCC. The van der Waals surface area contributed by atoms with Crippen LogP contribution in [0.1, 0.15) is 142 Å². The van der Waals surface area contributed by atoms with Crippen LogP contribution in [0.2, 0.25) is 0 Å². The Morgan fingerprint density at radius 3 is 1.44 bits per heavy atom. The molecule has 0 aromatic carbocycles. The minimum absolute atomic E-state index is 0.122. The average molecular weight is 485 g/mol. The van der Waals surface area contributed by atoms with Gasteiger partial charge in [0.15, 0.2) is 0 Å². The molecule has 0 bridgehead atoms. The van der Waals surface area contributed by atoms with Gasteiger partial charge in [0, 0.05) is 18.4 Å². The van der Waals surface area contributed by atoms with Crippen LogP contribution < -0.4 is 11.5 Å². The number of carbonyl (C=O) groups excluding carboxylic acids is 2. The molecular formula is C28H56N2O4. The molecule has 0 aromatic rings. The quantitative estimate of drug-likeness (QED) is 0.112. The fourth-order valence-electron chi connectivity index (χ4n) is 4.27. The van der Waals surface area contributed by atoms with Gasteiger partial charge in [0.05, 0.1) is 13.2 Å². The minimum atomic E-state index is -0.352. The normalized spacial score (nSPS) is 11.5. The van der Waals surface area contributed by atoms with Crippen LogP contribution in [-0.4, -0.2) is 37.2 Å². The zero-order chi connectivity index (χ0) is 25.3. The van der Waals surface area contributed by atoms with Crippen molar-refractivity contribution in [3.05, 3.63) is 0 Å². The first-order valence-corrected chi connectivity index (χ1v) is 14.3. The molecule has 0 spiro atoms. The molecule has 0 saturated heterocycles. The predicted molar refractivity (Wildman–Crippen MR) is 142 cm³/mol. The number of carbonyl (C=O) groups is 2. The summed E-state index contributed by atoms with van der Waals surface area (Å²) in [6.07, 6.45) is 19.3. The molecule has 6 nitrogen and oxygen atoms in total. The van der Waals surface area contributed by atoms with Crippen molar-refractivity contribution >= 4 is 11.9 Å². The second-order valence-electron chi connectivity index (χ2n) is 9.94. The number of ether oxygens (including phenoxy) is 2. The van der Waals surface area contributed by atoms with Gasteiger partial charge in [-0.2, -0.15) is 0 Å². The molecule has 0 fully saturated rings. The molecule has 0 aromatic heterocycles. The topological polar surface area (TPSA) is 105 Å². The van der Waals surface area contributed by atoms with E-state index in [9.17, 15) is 9.59 Å². The highest BCUT2D eigenvalue weighted by Crippen LogP contribution is 2.25. The summed E-state index contributed by atoms with van der Waals surface area (Å²) in [5.74, 6) is -0.244. The third-order valence-electron chi connectivity index (χ3n) is 6.51. The Hall–Kier alpha value is -1.14. The van der Waals surface area contributed by atoms with Crippen LogP contribution >= 0.6 is 0 Å². The Kier molecular flexibility index (Phi) is 22.8. The predicted octanol–water partition coefficient (Wildman–Crippen LogP) is 6.57. The van der Waals surface area contributed by atoms with E-state index in [4.69, 9.17) is 20.9 Å². The number of esters is 2. The Morgan fingerprint density at radius 2 is 1.00 bits per heavy atom. The number of rotatable bonds is 25. The van der Waals surface area contributed by atoms with Crippen LogP contribution in [0.15, 0.2) is 0 Å². The summed E-state index contributed by atoms with van der Waals surface area (Å²) in [5.41, 5.74) is 12.0. The van der Waals surface area contributed by atoms with E-state index in [1.54, 1.807) is 0 Å². The smallest absolute Gasteiger partial charge is 0.305 e. The summed E-state index contributed by atoms with van der Waals surface area (Å²) in [7, 11) is 0. The molecule has 4 N–H and O–H groups in total. The lowest BCUT2D eigenvalue weighted by molar-refractivity contribution is -0.144. The molecule has 0 aliphatic rings. The van der Waals surface area contributed by atoms with Crippen molar-refractivity contribution in [2.45, 2.75) is 148 Å².